The SMILES string of the molecule is CC1(C)CCNC1CCNC1CCCC1. The minimum atomic E-state index is 0.511. The van der Waals surface area contributed by atoms with E-state index in [4.69, 9.17) is 0 Å². The van der Waals surface area contributed by atoms with Crippen LogP contribution in [0.1, 0.15) is 52.4 Å². The Hall–Kier alpha value is -0.0800. The van der Waals surface area contributed by atoms with Crippen LogP contribution in [0, 0.1) is 5.41 Å². The van der Waals surface area contributed by atoms with E-state index < -0.39 is 0 Å². The monoisotopic (exact) mass is 210 g/mol. The van der Waals surface area contributed by atoms with Crippen molar-refractivity contribution in [2.75, 3.05) is 13.1 Å². The van der Waals surface area contributed by atoms with E-state index in [1.54, 1.807) is 0 Å². The molecule has 2 aliphatic rings. The second kappa shape index (κ2) is 4.84. The van der Waals surface area contributed by atoms with Gasteiger partial charge in [0, 0.05) is 12.1 Å². The molecular formula is C13H26N2. The maximum absolute atomic E-state index is 3.71. The highest BCUT2D eigenvalue weighted by atomic mass is 15.0. The Bertz CT molecular complexity index is 195. The molecule has 0 aromatic rings. The van der Waals surface area contributed by atoms with Crippen molar-refractivity contribution < 1.29 is 0 Å². The van der Waals surface area contributed by atoms with Gasteiger partial charge in [-0.2, -0.15) is 0 Å². The molecule has 1 aliphatic carbocycles. The van der Waals surface area contributed by atoms with Gasteiger partial charge in [-0.25, -0.2) is 0 Å². The first-order valence-corrected chi connectivity index (χ1v) is 6.65. The number of rotatable bonds is 4. The molecule has 0 aromatic heterocycles. The van der Waals surface area contributed by atoms with Crippen LogP contribution in [0.2, 0.25) is 0 Å². The van der Waals surface area contributed by atoms with Crippen LogP contribution in [0.15, 0.2) is 0 Å². The van der Waals surface area contributed by atoms with E-state index in [1.807, 2.05) is 0 Å². The summed E-state index contributed by atoms with van der Waals surface area (Å²) in [4.78, 5) is 0. The van der Waals surface area contributed by atoms with Crippen LogP contribution in [-0.2, 0) is 0 Å². The largest absolute Gasteiger partial charge is 0.314 e. The van der Waals surface area contributed by atoms with Crippen LogP contribution < -0.4 is 10.6 Å². The Balaban J connectivity index is 1.64. The van der Waals surface area contributed by atoms with Crippen LogP contribution >= 0.6 is 0 Å². The average molecular weight is 210 g/mol. The van der Waals surface area contributed by atoms with E-state index in [0.717, 1.165) is 12.1 Å². The zero-order valence-corrected chi connectivity index (χ0v) is 10.3. The van der Waals surface area contributed by atoms with Crippen LogP contribution in [0.4, 0.5) is 0 Å². The summed E-state index contributed by atoms with van der Waals surface area (Å²) in [7, 11) is 0. The maximum Gasteiger partial charge on any atom is 0.0131 e. The molecule has 1 saturated carbocycles. The molecule has 0 spiro atoms. The van der Waals surface area contributed by atoms with Crippen LogP contribution in [-0.4, -0.2) is 25.2 Å². The van der Waals surface area contributed by atoms with Gasteiger partial charge < -0.3 is 10.6 Å². The third-order valence-electron chi connectivity index (χ3n) is 4.32. The summed E-state index contributed by atoms with van der Waals surface area (Å²) in [6.07, 6.45) is 8.31. The van der Waals surface area contributed by atoms with Crippen molar-refractivity contribution in [2.24, 2.45) is 5.41 Å². The van der Waals surface area contributed by atoms with E-state index in [1.165, 1.54) is 51.6 Å². The van der Waals surface area contributed by atoms with Gasteiger partial charge in [0.15, 0.2) is 0 Å². The van der Waals surface area contributed by atoms with Crippen molar-refractivity contribution in [3.8, 4) is 0 Å². The minimum Gasteiger partial charge on any atom is -0.314 e. The van der Waals surface area contributed by atoms with Crippen LogP contribution in [0.25, 0.3) is 0 Å². The molecule has 0 aromatic carbocycles. The van der Waals surface area contributed by atoms with Gasteiger partial charge in [-0.3, -0.25) is 0 Å². The lowest BCUT2D eigenvalue weighted by atomic mass is 9.83. The standard InChI is InChI=1S/C13H26N2/c1-13(2)8-10-15-12(13)7-9-14-11-5-3-4-6-11/h11-12,14-15H,3-10H2,1-2H3. The summed E-state index contributed by atoms with van der Waals surface area (Å²) < 4.78 is 0. The molecule has 88 valence electrons. The molecule has 2 rings (SSSR count). The third-order valence-corrected chi connectivity index (χ3v) is 4.32. The summed E-state index contributed by atoms with van der Waals surface area (Å²) in [6.45, 7) is 7.20. The summed E-state index contributed by atoms with van der Waals surface area (Å²) in [5.74, 6) is 0. The average Bonchev–Trinajstić information content (AvgIpc) is 2.77. The van der Waals surface area contributed by atoms with Crippen LogP contribution in [0.3, 0.4) is 0 Å². The predicted molar refractivity (Wildman–Crippen MR) is 65.1 cm³/mol. The van der Waals surface area contributed by atoms with Gasteiger partial charge in [-0.05, 0) is 44.2 Å². The normalized spacial score (nSPS) is 31.2. The van der Waals surface area contributed by atoms with Crippen molar-refractivity contribution in [1.29, 1.82) is 0 Å². The van der Waals surface area contributed by atoms with E-state index in [0.29, 0.717) is 5.41 Å². The fourth-order valence-electron chi connectivity index (χ4n) is 3.07. The van der Waals surface area contributed by atoms with Gasteiger partial charge in [0.05, 0.1) is 0 Å². The highest BCUT2D eigenvalue weighted by Gasteiger charge is 2.33. The predicted octanol–water partition coefficient (Wildman–Crippen LogP) is 2.30. The summed E-state index contributed by atoms with van der Waals surface area (Å²) in [6, 6.07) is 1.56. The molecule has 1 heterocycles. The molecule has 2 heteroatoms. The van der Waals surface area contributed by atoms with Crippen molar-refractivity contribution in [2.45, 2.75) is 64.5 Å². The Morgan fingerprint density at radius 3 is 2.60 bits per heavy atom. The Labute approximate surface area is 94.2 Å². The first-order chi connectivity index (χ1) is 7.18. The zero-order chi connectivity index (χ0) is 10.7. The number of nitrogens with one attached hydrogen (secondary N) is 2. The zero-order valence-electron chi connectivity index (χ0n) is 10.3. The molecule has 1 aliphatic heterocycles. The van der Waals surface area contributed by atoms with Crippen molar-refractivity contribution in [3.63, 3.8) is 0 Å². The molecule has 0 amide bonds. The molecule has 1 saturated heterocycles. The van der Waals surface area contributed by atoms with E-state index in [-0.39, 0.29) is 0 Å². The topological polar surface area (TPSA) is 24.1 Å². The highest BCUT2D eigenvalue weighted by molar-refractivity contribution is 4.91. The molecule has 0 radical (unpaired) electrons. The molecule has 0 bridgehead atoms. The maximum atomic E-state index is 3.71. The van der Waals surface area contributed by atoms with E-state index >= 15 is 0 Å². The molecule has 1 atom stereocenters. The second-order valence-corrected chi connectivity index (χ2v) is 5.97. The first-order valence-electron chi connectivity index (χ1n) is 6.65. The van der Waals surface area contributed by atoms with Gasteiger partial charge >= 0.3 is 0 Å². The third kappa shape index (κ3) is 2.94. The summed E-state index contributed by atoms with van der Waals surface area (Å²) >= 11 is 0. The second-order valence-electron chi connectivity index (χ2n) is 5.97. The Morgan fingerprint density at radius 1 is 1.27 bits per heavy atom. The van der Waals surface area contributed by atoms with Gasteiger partial charge in [0.1, 0.15) is 0 Å². The lowest BCUT2D eigenvalue weighted by Crippen LogP contribution is -2.37. The Kier molecular flexibility index (Phi) is 3.68. The molecule has 15 heavy (non-hydrogen) atoms. The van der Waals surface area contributed by atoms with Crippen molar-refractivity contribution >= 4 is 0 Å². The lowest BCUT2D eigenvalue weighted by Gasteiger charge is -2.27. The minimum absolute atomic E-state index is 0.511. The molecule has 2 N–H and O–H groups in total. The molecule has 2 nitrogen and oxygen atoms in total. The van der Waals surface area contributed by atoms with Gasteiger partial charge in [0.25, 0.3) is 0 Å². The van der Waals surface area contributed by atoms with Gasteiger partial charge in [-0.15, -0.1) is 0 Å². The fraction of sp³-hybridized carbons (Fsp3) is 1.00. The number of hydrogen-bond acceptors (Lipinski definition) is 2. The molecular weight excluding hydrogens is 184 g/mol. The van der Waals surface area contributed by atoms with Crippen molar-refractivity contribution in [3.05, 3.63) is 0 Å². The summed E-state index contributed by atoms with van der Waals surface area (Å²) in [5, 5.41) is 7.34. The summed E-state index contributed by atoms with van der Waals surface area (Å²) in [5.41, 5.74) is 0.511. The van der Waals surface area contributed by atoms with Gasteiger partial charge in [-0.1, -0.05) is 26.7 Å². The van der Waals surface area contributed by atoms with E-state index in [2.05, 4.69) is 24.5 Å². The lowest BCUT2D eigenvalue weighted by molar-refractivity contribution is 0.293. The van der Waals surface area contributed by atoms with Crippen LogP contribution in [0.5, 0.6) is 0 Å². The number of hydrogen-bond donors (Lipinski definition) is 2. The van der Waals surface area contributed by atoms with Crippen molar-refractivity contribution in [1.82, 2.24) is 10.6 Å². The molecule has 2 fully saturated rings. The fourth-order valence-corrected chi connectivity index (χ4v) is 3.07. The quantitative estimate of drug-likeness (QED) is 0.744. The van der Waals surface area contributed by atoms with Gasteiger partial charge in [0.2, 0.25) is 0 Å². The Morgan fingerprint density at radius 2 is 2.00 bits per heavy atom. The molecule has 1 unspecified atom stereocenters. The van der Waals surface area contributed by atoms with E-state index in [9.17, 15) is 0 Å². The highest BCUT2D eigenvalue weighted by Crippen LogP contribution is 2.31. The smallest absolute Gasteiger partial charge is 0.0131 e. The first kappa shape index (κ1) is 11.4.